The van der Waals surface area contributed by atoms with Crippen molar-refractivity contribution in [3.8, 4) is 0 Å². The third kappa shape index (κ3) is 5.13. The largest absolute Gasteiger partial charge is 0.481 e. The minimum atomic E-state index is -3.63. The lowest BCUT2D eigenvalue weighted by Gasteiger charge is -2.31. The number of hydrogen-bond donors (Lipinski definition) is 1. The van der Waals surface area contributed by atoms with Crippen molar-refractivity contribution >= 4 is 22.0 Å². The van der Waals surface area contributed by atoms with Crippen LogP contribution in [0.15, 0.2) is 0 Å². The number of carboxylic acids is 1. The van der Waals surface area contributed by atoms with Crippen LogP contribution in [0.5, 0.6) is 0 Å². The van der Waals surface area contributed by atoms with E-state index in [4.69, 9.17) is 9.84 Å². The highest BCUT2D eigenvalue weighted by Gasteiger charge is 2.30. The molecule has 0 saturated carbocycles. The second-order valence-electron chi connectivity index (χ2n) is 4.09. The van der Waals surface area contributed by atoms with E-state index >= 15 is 0 Å². The van der Waals surface area contributed by atoms with Crippen LogP contribution in [0.25, 0.3) is 0 Å². The Morgan fingerprint density at radius 2 is 2.16 bits per heavy atom. The first-order valence-corrected chi connectivity index (χ1v) is 7.34. The highest BCUT2D eigenvalue weighted by atomic mass is 32.2. The Hall–Kier alpha value is -1.19. The van der Waals surface area contributed by atoms with E-state index in [0.717, 1.165) is 4.31 Å². The fourth-order valence-electron chi connectivity index (χ4n) is 1.68. The molecule has 0 bridgehead atoms. The molecule has 0 spiro atoms. The third-order valence-corrected chi connectivity index (χ3v) is 4.53. The van der Waals surface area contributed by atoms with E-state index in [1.807, 2.05) is 0 Å². The molecule has 1 atom stereocenters. The van der Waals surface area contributed by atoms with Crippen molar-refractivity contribution in [1.29, 1.82) is 0 Å². The van der Waals surface area contributed by atoms with E-state index < -0.39 is 40.2 Å². The molecule has 0 aromatic heterocycles. The van der Waals surface area contributed by atoms with Gasteiger partial charge in [-0.1, -0.05) is 0 Å². The van der Waals surface area contributed by atoms with Gasteiger partial charge in [0.25, 0.3) is 0 Å². The molecule has 1 fully saturated rings. The maximum absolute atomic E-state index is 11.9. The van der Waals surface area contributed by atoms with Crippen LogP contribution in [0, 0.1) is 0 Å². The normalized spacial score (nSPS) is 21.0. The SMILES string of the molecule is COC(=O)CC1CN(S(=O)(=O)CCC(=O)O)CCO1. The Balaban J connectivity index is 2.58. The molecule has 0 amide bonds. The molecule has 0 aromatic carbocycles. The van der Waals surface area contributed by atoms with Crippen LogP contribution < -0.4 is 0 Å². The summed E-state index contributed by atoms with van der Waals surface area (Å²) in [5, 5.41) is 8.51. The fourth-order valence-corrected chi connectivity index (χ4v) is 3.12. The molecule has 1 aliphatic rings. The average Bonchev–Trinajstić information content (AvgIpc) is 2.36. The summed E-state index contributed by atoms with van der Waals surface area (Å²) < 4.78 is 34.7. The van der Waals surface area contributed by atoms with E-state index in [-0.39, 0.29) is 26.1 Å². The van der Waals surface area contributed by atoms with Gasteiger partial charge in [0, 0.05) is 13.1 Å². The Morgan fingerprint density at radius 3 is 2.74 bits per heavy atom. The number of morpholine rings is 1. The number of rotatable bonds is 6. The minimum absolute atomic E-state index is 0.0263. The number of methoxy groups -OCH3 is 1. The van der Waals surface area contributed by atoms with Crippen LogP contribution in [0.2, 0.25) is 0 Å². The van der Waals surface area contributed by atoms with Gasteiger partial charge in [-0.15, -0.1) is 0 Å². The zero-order valence-electron chi connectivity index (χ0n) is 10.6. The van der Waals surface area contributed by atoms with E-state index in [1.54, 1.807) is 0 Å². The van der Waals surface area contributed by atoms with Crippen LogP contribution in [0.4, 0.5) is 0 Å². The average molecular weight is 295 g/mol. The summed E-state index contributed by atoms with van der Waals surface area (Å²) >= 11 is 0. The Bertz CT molecular complexity index is 433. The van der Waals surface area contributed by atoms with Gasteiger partial charge in [0.1, 0.15) is 0 Å². The lowest BCUT2D eigenvalue weighted by molar-refractivity contribution is -0.145. The highest BCUT2D eigenvalue weighted by Crippen LogP contribution is 2.14. The number of carbonyl (C=O) groups is 2. The highest BCUT2D eigenvalue weighted by molar-refractivity contribution is 7.89. The van der Waals surface area contributed by atoms with Crippen molar-refractivity contribution in [2.45, 2.75) is 18.9 Å². The molecule has 1 saturated heterocycles. The predicted molar refractivity (Wildman–Crippen MR) is 64.0 cm³/mol. The smallest absolute Gasteiger partial charge is 0.308 e. The first-order valence-electron chi connectivity index (χ1n) is 5.73. The number of carbonyl (C=O) groups excluding carboxylic acids is 1. The van der Waals surface area contributed by atoms with Crippen molar-refractivity contribution in [2.24, 2.45) is 0 Å². The van der Waals surface area contributed by atoms with Crippen LogP contribution in [0.3, 0.4) is 0 Å². The molecule has 1 rings (SSSR count). The van der Waals surface area contributed by atoms with Crippen LogP contribution >= 0.6 is 0 Å². The van der Waals surface area contributed by atoms with Crippen molar-refractivity contribution in [1.82, 2.24) is 4.31 Å². The first-order chi connectivity index (χ1) is 8.85. The first kappa shape index (κ1) is 15.9. The summed E-state index contributed by atoms with van der Waals surface area (Å²) in [6.07, 6.45) is -1.02. The minimum Gasteiger partial charge on any atom is -0.481 e. The molecule has 1 heterocycles. The van der Waals surface area contributed by atoms with Gasteiger partial charge in [0.2, 0.25) is 10.0 Å². The molecular formula is C10H17NO7S. The van der Waals surface area contributed by atoms with Crippen LogP contribution in [-0.2, 0) is 29.1 Å². The second-order valence-corrected chi connectivity index (χ2v) is 6.18. The summed E-state index contributed by atoms with van der Waals surface area (Å²) in [6.45, 7) is 0.380. The molecule has 19 heavy (non-hydrogen) atoms. The number of nitrogens with zero attached hydrogens (tertiary/aromatic N) is 1. The molecule has 0 radical (unpaired) electrons. The monoisotopic (exact) mass is 295 g/mol. The van der Waals surface area contributed by atoms with Crippen molar-refractivity contribution < 1.29 is 32.6 Å². The Labute approximate surface area is 111 Å². The zero-order chi connectivity index (χ0) is 14.5. The van der Waals surface area contributed by atoms with Crippen molar-refractivity contribution in [2.75, 3.05) is 32.6 Å². The number of hydrogen-bond acceptors (Lipinski definition) is 6. The molecule has 0 aliphatic carbocycles. The second kappa shape index (κ2) is 6.83. The lowest BCUT2D eigenvalue weighted by atomic mass is 10.2. The summed E-state index contributed by atoms with van der Waals surface area (Å²) in [4.78, 5) is 21.5. The molecule has 9 heteroatoms. The molecule has 8 nitrogen and oxygen atoms in total. The molecule has 0 aromatic rings. The Kier molecular flexibility index (Phi) is 5.70. The molecule has 1 unspecified atom stereocenters. The van der Waals surface area contributed by atoms with Gasteiger partial charge in [-0.05, 0) is 0 Å². The van der Waals surface area contributed by atoms with E-state index in [0.29, 0.717) is 0 Å². The summed E-state index contributed by atoms with van der Waals surface area (Å²) in [5.74, 6) is -2.09. The van der Waals surface area contributed by atoms with Crippen LogP contribution in [0.1, 0.15) is 12.8 Å². The third-order valence-electron chi connectivity index (χ3n) is 2.69. The van der Waals surface area contributed by atoms with Gasteiger partial charge >= 0.3 is 11.9 Å². The van der Waals surface area contributed by atoms with Gasteiger partial charge < -0.3 is 14.6 Å². The van der Waals surface area contributed by atoms with Gasteiger partial charge in [-0.25, -0.2) is 8.42 Å². The van der Waals surface area contributed by atoms with Crippen LogP contribution in [-0.4, -0.2) is 68.4 Å². The number of esters is 1. The summed E-state index contributed by atoms with van der Waals surface area (Å²) in [7, 11) is -2.39. The molecular weight excluding hydrogens is 278 g/mol. The summed E-state index contributed by atoms with van der Waals surface area (Å²) in [5.41, 5.74) is 0. The number of ether oxygens (including phenoxy) is 2. The predicted octanol–water partition coefficient (Wildman–Crippen LogP) is -0.945. The van der Waals surface area contributed by atoms with Gasteiger partial charge in [-0.2, -0.15) is 4.31 Å². The fraction of sp³-hybridized carbons (Fsp3) is 0.800. The van der Waals surface area contributed by atoms with E-state index in [1.165, 1.54) is 7.11 Å². The lowest BCUT2D eigenvalue weighted by Crippen LogP contribution is -2.47. The van der Waals surface area contributed by atoms with Gasteiger partial charge in [0.05, 0.1) is 38.4 Å². The maximum atomic E-state index is 11.9. The topological polar surface area (TPSA) is 110 Å². The zero-order valence-corrected chi connectivity index (χ0v) is 11.4. The maximum Gasteiger partial charge on any atom is 0.308 e. The molecule has 1 aliphatic heterocycles. The van der Waals surface area contributed by atoms with E-state index in [9.17, 15) is 18.0 Å². The number of aliphatic carboxylic acids is 1. The van der Waals surface area contributed by atoms with E-state index in [2.05, 4.69) is 4.74 Å². The van der Waals surface area contributed by atoms with Gasteiger partial charge in [-0.3, -0.25) is 9.59 Å². The molecule has 1 N–H and O–H groups in total. The van der Waals surface area contributed by atoms with Crippen molar-refractivity contribution in [3.05, 3.63) is 0 Å². The Morgan fingerprint density at radius 1 is 1.47 bits per heavy atom. The standard InChI is InChI=1S/C10H17NO7S/c1-17-10(14)6-8-7-11(3-4-18-8)19(15,16)5-2-9(12)13/h8H,2-7H2,1H3,(H,12,13). The summed E-state index contributed by atoms with van der Waals surface area (Å²) in [6, 6.07) is 0. The molecule has 110 valence electrons. The number of sulfonamides is 1. The quantitative estimate of drug-likeness (QED) is 0.629. The number of carboxylic acid groups (broad SMARTS) is 1. The van der Waals surface area contributed by atoms with Gasteiger partial charge in [0.15, 0.2) is 0 Å². The van der Waals surface area contributed by atoms with Crippen molar-refractivity contribution in [3.63, 3.8) is 0 Å².